The van der Waals surface area contributed by atoms with Crippen molar-refractivity contribution >= 4 is 39.1 Å². The molecule has 1 unspecified atom stereocenters. The summed E-state index contributed by atoms with van der Waals surface area (Å²) in [6.45, 7) is 2.81. The minimum atomic E-state index is 0.227. The van der Waals surface area contributed by atoms with Gasteiger partial charge in [-0.25, -0.2) is 0 Å². The molecule has 0 saturated heterocycles. The highest BCUT2D eigenvalue weighted by Crippen LogP contribution is 2.25. The predicted octanol–water partition coefficient (Wildman–Crippen LogP) is 5.61. The van der Waals surface area contributed by atoms with Crippen LogP contribution < -0.4 is 5.32 Å². The second kappa shape index (κ2) is 6.76. The molecule has 2 aromatic carbocycles. The normalized spacial score (nSPS) is 12.4. The number of rotatable bonds is 4. The van der Waals surface area contributed by atoms with Crippen molar-refractivity contribution in [1.29, 1.82) is 0 Å². The standard InChI is InChI=1S/C15H14BrCl2N/c1-10(13-4-2-3-5-14(13)16)19-9-11-8-12(17)6-7-15(11)18/h2-8,10,19H,9H2,1H3. The van der Waals surface area contributed by atoms with Crippen molar-refractivity contribution in [3.63, 3.8) is 0 Å². The van der Waals surface area contributed by atoms with Gasteiger partial charge in [-0.15, -0.1) is 0 Å². The third-order valence-electron chi connectivity index (χ3n) is 2.98. The molecule has 1 N–H and O–H groups in total. The summed E-state index contributed by atoms with van der Waals surface area (Å²) in [7, 11) is 0. The molecular weight excluding hydrogens is 345 g/mol. The molecule has 0 spiro atoms. The van der Waals surface area contributed by atoms with E-state index in [0.29, 0.717) is 11.6 Å². The second-order valence-electron chi connectivity index (χ2n) is 4.36. The van der Waals surface area contributed by atoms with Crippen molar-refractivity contribution in [1.82, 2.24) is 5.32 Å². The summed E-state index contributed by atoms with van der Waals surface area (Å²) >= 11 is 15.7. The highest BCUT2D eigenvalue weighted by Gasteiger charge is 2.09. The fraction of sp³-hybridized carbons (Fsp3) is 0.200. The molecule has 0 aromatic heterocycles. The maximum atomic E-state index is 6.15. The molecule has 1 nitrogen and oxygen atoms in total. The molecule has 0 saturated carbocycles. The lowest BCUT2D eigenvalue weighted by atomic mass is 10.1. The van der Waals surface area contributed by atoms with Crippen LogP contribution in [-0.2, 0) is 6.54 Å². The maximum absolute atomic E-state index is 6.15. The molecule has 0 heterocycles. The third-order valence-corrected chi connectivity index (χ3v) is 4.30. The summed E-state index contributed by atoms with van der Waals surface area (Å²) in [5.41, 5.74) is 2.23. The molecule has 19 heavy (non-hydrogen) atoms. The number of benzene rings is 2. The highest BCUT2D eigenvalue weighted by atomic mass is 79.9. The first-order valence-corrected chi connectivity index (χ1v) is 7.54. The average Bonchev–Trinajstić information content (AvgIpc) is 2.40. The zero-order chi connectivity index (χ0) is 13.8. The largest absolute Gasteiger partial charge is 0.306 e. The van der Waals surface area contributed by atoms with Crippen LogP contribution in [0.1, 0.15) is 24.1 Å². The minimum absolute atomic E-state index is 0.227. The lowest BCUT2D eigenvalue weighted by molar-refractivity contribution is 0.573. The fourth-order valence-electron chi connectivity index (χ4n) is 1.88. The minimum Gasteiger partial charge on any atom is -0.306 e. The molecule has 100 valence electrons. The van der Waals surface area contributed by atoms with Crippen LogP contribution in [0.2, 0.25) is 10.0 Å². The van der Waals surface area contributed by atoms with E-state index in [9.17, 15) is 0 Å². The molecule has 0 aliphatic carbocycles. The quantitative estimate of drug-likeness (QED) is 0.749. The van der Waals surface area contributed by atoms with Gasteiger partial charge in [0.05, 0.1) is 0 Å². The Labute approximate surface area is 132 Å². The number of halogens is 3. The summed E-state index contributed by atoms with van der Waals surface area (Å²) in [6, 6.07) is 13.9. The lowest BCUT2D eigenvalue weighted by Gasteiger charge is -2.16. The second-order valence-corrected chi connectivity index (χ2v) is 6.06. The van der Waals surface area contributed by atoms with Crippen molar-refractivity contribution in [2.75, 3.05) is 0 Å². The van der Waals surface area contributed by atoms with Crippen LogP contribution in [0, 0.1) is 0 Å². The zero-order valence-corrected chi connectivity index (χ0v) is 13.6. The molecule has 0 aliphatic rings. The summed E-state index contributed by atoms with van der Waals surface area (Å²) < 4.78 is 1.10. The number of hydrogen-bond acceptors (Lipinski definition) is 1. The Kier molecular flexibility index (Phi) is 5.28. The van der Waals surface area contributed by atoms with Crippen molar-refractivity contribution in [3.05, 3.63) is 68.1 Å². The smallest absolute Gasteiger partial charge is 0.0451 e. The van der Waals surface area contributed by atoms with Crippen molar-refractivity contribution < 1.29 is 0 Å². The first kappa shape index (κ1) is 14.9. The molecular formula is C15H14BrCl2N. The monoisotopic (exact) mass is 357 g/mol. The Morgan fingerprint density at radius 3 is 2.63 bits per heavy atom. The maximum Gasteiger partial charge on any atom is 0.0451 e. The predicted molar refractivity (Wildman–Crippen MR) is 85.9 cm³/mol. The lowest BCUT2D eigenvalue weighted by Crippen LogP contribution is -2.18. The highest BCUT2D eigenvalue weighted by molar-refractivity contribution is 9.10. The Hall–Kier alpha value is -0.540. The summed E-state index contributed by atoms with van der Waals surface area (Å²) in [5, 5.41) is 4.89. The first-order chi connectivity index (χ1) is 9.08. The van der Waals surface area contributed by atoms with Gasteiger partial charge in [0.15, 0.2) is 0 Å². The van der Waals surface area contributed by atoms with Crippen LogP contribution in [0.5, 0.6) is 0 Å². The molecule has 0 radical (unpaired) electrons. The van der Waals surface area contributed by atoms with Gasteiger partial charge in [-0.3, -0.25) is 0 Å². The van der Waals surface area contributed by atoms with Crippen molar-refractivity contribution in [2.45, 2.75) is 19.5 Å². The van der Waals surface area contributed by atoms with Gasteiger partial charge in [0.25, 0.3) is 0 Å². The Morgan fingerprint density at radius 1 is 1.16 bits per heavy atom. The van der Waals surface area contributed by atoms with Crippen molar-refractivity contribution in [2.24, 2.45) is 0 Å². The molecule has 1 atom stereocenters. The Balaban J connectivity index is 2.06. The van der Waals surface area contributed by atoms with Gasteiger partial charge in [-0.2, -0.15) is 0 Å². The van der Waals surface area contributed by atoms with Gasteiger partial charge in [-0.05, 0) is 42.3 Å². The van der Waals surface area contributed by atoms with E-state index in [4.69, 9.17) is 23.2 Å². The number of nitrogens with one attached hydrogen (secondary N) is 1. The first-order valence-electron chi connectivity index (χ1n) is 5.99. The van der Waals surface area contributed by atoms with E-state index < -0.39 is 0 Å². The van der Waals surface area contributed by atoms with E-state index in [1.165, 1.54) is 5.56 Å². The topological polar surface area (TPSA) is 12.0 Å². The van der Waals surface area contributed by atoms with Gasteiger partial charge in [0.2, 0.25) is 0 Å². The Morgan fingerprint density at radius 2 is 1.89 bits per heavy atom. The van der Waals surface area contributed by atoms with Crippen LogP contribution in [0.15, 0.2) is 46.9 Å². The third kappa shape index (κ3) is 3.96. The average molecular weight is 359 g/mol. The van der Waals surface area contributed by atoms with Crippen LogP contribution in [-0.4, -0.2) is 0 Å². The molecule has 0 amide bonds. The van der Waals surface area contributed by atoms with Crippen molar-refractivity contribution in [3.8, 4) is 0 Å². The van der Waals surface area contributed by atoms with Crippen LogP contribution in [0.3, 0.4) is 0 Å². The molecule has 2 rings (SSSR count). The van der Waals surface area contributed by atoms with E-state index >= 15 is 0 Å². The number of hydrogen-bond donors (Lipinski definition) is 1. The summed E-state index contributed by atoms with van der Waals surface area (Å²) in [4.78, 5) is 0. The fourth-order valence-corrected chi connectivity index (χ4v) is 2.89. The van der Waals surface area contributed by atoms with E-state index in [1.807, 2.05) is 30.3 Å². The molecule has 2 aromatic rings. The molecule has 0 bridgehead atoms. The molecule has 0 fully saturated rings. The van der Waals surface area contributed by atoms with Gasteiger partial charge in [0.1, 0.15) is 0 Å². The van der Waals surface area contributed by atoms with Gasteiger partial charge >= 0.3 is 0 Å². The van der Waals surface area contributed by atoms with Crippen LogP contribution in [0.4, 0.5) is 0 Å². The van der Waals surface area contributed by atoms with E-state index in [1.54, 1.807) is 6.07 Å². The van der Waals surface area contributed by atoms with Gasteiger partial charge < -0.3 is 5.32 Å². The van der Waals surface area contributed by atoms with Crippen LogP contribution >= 0.6 is 39.1 Å². The molecule has 4 heteroatoms. The van der Waals surface area contributed by atoms with E-state index in [-0.39, 0.29) is 6.04 Å². The summed E-state index contributed by atoms with van der Waals surface area (Å²) in [5.74, 6) is 0. The van der Waals surface area contributed by atoms with Crippen LogP contribution in [0.25, 0.3) is 0 Å². The Bertz CT molecular complexity index is 572. The zero-order valence-electron chi connectivity index (χ0n) is 10.5. The van der Waals surface area contributed by atoms with E-state index in [0.717, 1.165) is 15.1 Å². The van der Waals surface area contributed by atoms with Gasteiger partial charge in [-0.1, -0.05) is 57.3 Å². The summed E-state index contributed by atoms with van der Waals surface area (Å²) in [6.07, 6.45) is 0. The van der Waals surface area contributed by atoms with E-state index in [2.05, 4.69) is 34.2 Å². The molecule has 0 aliphatic heterocycles. The SMILES string of the molecule is CC(NCc1cc(Cl)ccc1Cl)c1ccccc1Br. The van der Waals surface area contributed by atoms with Gasteiger partial charge in [0, 0.05) is 27.1 Å².